The molecule has 0 bridgehead atoms. The number of para-hydroxylation sites is 2. The van der Waals surface area contributed by atoms with Gasteiger partial charge in [0.1, 0.15) is 0 Å². The Morgan fingerprint density at radius 1 is 1.25 bits per heavy atom. The molecule has 0 aromatic heterocycles. The second kappa shape index (κ2) is 5.09. The van der Waals surface area contributed by atoms with Crippen molar-refractivity contribution in [3.8, 4) is 0 Å². The molecular formula is C13H19BrN2. The molecule has 1 aliphatic heterocycles. The average molecular weight is 283 g/mol. The summed E-state index contributed by atoms with van der Waals surface area (Å²) in [6, 6.07) is 8.68. The molecule has 1 unspecified atom stereocenters. The van der Waals surface area contributed by atoms with Gasteiger partial charge in [0.05, 0.1) is 11.4 Å². The van der Waals surface area contributed by atoms with E-state index in [-0.39, 0.29) is 0 Å². The van der Waals surface area contributed by atoms with Crippen molar-refractivity contribution in [3.05, 3.63) is 24.3 Å². The summed E-state index contributed by atoms with van der Waals surface area (Å²) in [4.78, 5) is 4.84. The average Bonchev–Trinajstić information content (AvgIpc) is 2.33. The Hall–Kier alpha value is -0.700. The van der Waals surface area contributed by atoms with Gasteiger partial charge in [-0.2, -0.15) is 0 Å². The number of rotatable bonds is 3. The van der Waals surface area contributed by atoms with Crippen molar-refractivity contribution in [1.29, 1.82) is 0 Å². The Kier molecular flexibility index (Phi) is 3.74. The van der Waals surface area contributed by atoms with Gasteiger partial charge in [-0.1, -0.05) is 35.0 Å². The van der Waals surface area contributed by atoms with Gasteiger partial charge in [0.2, 0.25) is 0 Å². The maximum Gasteiger partial charge on any atom is 0.0604 e. The third-order valence-electron chi connectivity index (χ3n) is 3.13. The molecule has 0 N–H and O–H groups in total. The van der Waals surface area contributed by atoms with Gasteiger partial charge in [0.25, 0.3) is 0 Å². The summed E-state index contributed by atoms with van der Waals surface area (Å²) in [5.74, 6) is 0.691. The second-order valence-corrected chi connectivity index (χ2v) is 5.26. The molecule has 1 aromatic rings. The molecule has 88 valence electrons. The van der Waals surface area contributed by atoms with E-state index in [4.69, 9.17) is 0 Å². The molecule has 1 atom stereocenters. The molecule has 2 rings (SSSR count). The normalized spacial score (nSPS) is 17.2. The minimum atomic E-state index is 0.691. The van der Waals surface area contributed by atoms with E-state index in [1.165, 1.54) is 11.4 Å². The van der Waals surface area contributed by atoms with Crippen LogP contribution in [0.4, 0.5) is 11.4 Å². The van der Waals surface area contributed by atoms with Gasteiger partial charge in [-0.3, -0.25) is 0 Å². The van der Waals surface area contributed by atoms with Crippen LogP contribution in [0.1, 0.15) is 6.92 Å². The predicted octanol–water partition coefficient (Wildman–Crippen LogP) is 2.97. The molecule has 0 spiro atoms. The van der Waals surface area contributed by atoms with Crippen molar-refractivity contribution in [2.24, 2.45) is 5.92 Å². The number of hydrogen-bond acceptors (Lipinski definition) is 2. The number of halogens is 1. The van der Waals surface area contributed by atoms with Crippen molar-refractivity contribution < 1.29 is 0 Å². The van der Waals surface area contributed by atoms with Crippen LogP contribution in [0.2, 0.25) is 0 Å². The lowest BCUT2D eigenvalue weighted by atomic mass is 10.1. The van der Waals surface area contributed by atoms with Crippen LogP contribution in [0.15, 0.2) is 24.3 Å². The van der Waals surface area contributed by atoms with Crippen molar-refractivity contribution in [2.75, 3.05) is 41.8 Å². The van der Waals surface area contributed by atoms with Crippen LogP contribution in [-0.2, 0) is 0 Å². The summed E-state index contributed by atoms with van der Waals surface area (Å²) in [6.45, 7) is 5.67. The SMILES string of the molecule is CC(CBr)CN1CCN(C)c2ccccc21. The van der Waals surface area contributed by atoms with E-state index in [0.29, 0.717) is 5.92 Å². The minimum Gasteiger partial charge on any atom is -0.371 e. The summed E-state index contributed by atoms with van der Waals surface area (Å²) < 4.78 is 0. The van der Waals surface area contributed by atoms with Crippen LogP contribution >= 0.6 is 15.9 Å². The Balaban J connectivity index is 2.21. The lowest BCUT2D eigenvalue weighted by molar-refractivity contribution is 0.610. The Labute approximate surface area is 106 Å². The maximum atomic E-state index is 3.56. The summed E-state index contributed by atoms with van der Waals surface area (Å²) in [7, 11) is 2.17. The fourth-order valence-corrected chi connectivity index (χ4v) is 2.39. The molecule has 0 amide bonds. The van der Waals surface area contributed by atoms with E-state index < -0.39 is 0 Å². The summed E-state index contributed by atoms with van der Waals surface area (Å²) in [5, 5.41) is 1.07. The number of hydrogen-bond donors (Lipinski definition) is 0. The van der Waals surface area contributed by atoms with Crippen LogP contribution < -0.4 is 9.80 Å². The number of likely N-dealkylation sites (N-methyl/N-ethyl adjacent to an activating group) is 1. The molecule has 1 heterocycles. The van der Waals surface area contributed by atoms with Crippen LogP contribution in [0, 0.1) is 5.92 Å². The molecule has 3 heteroatoms. The van der Waals surface area contributed by atoms with E-state index in [1.54, 1.807) is 0 Å². The fraction of sp³-hybridized carbons (Fsp3) is 0.538. The number of alkyl halides is 1. The summed E-state index contributed by atoms with van der Waals surface area (Å²) in [5.41, 5.74) is 2.74. The Bertz CT molecular complexity index is 354. The first-order valence-corrected chi connectivity index (χ1v) is 6.95. The van der Waals surface area contributed by atoms with Crippen molar-refractivity contribution in [3.63, 3.8) is 0 Å². The minimum absolute atomic E-state index is 0.691. The first kappa shape index (κ1) is 11.8. The van der Waals surface area contributed by atoms with E-state index in [0.717, 1.165) is 25.0 Å². The molecule has 2 nitrogen and oxygen atoms in total. The van der Waals surface area contributed by atoms with E-state index in [9.17, 15) is 0 Å². The zero-order chi connectivity index (χ0) is 11.5. The number of fused-ring (bicyclic) bond motifs is 1. The zero-order valence-electron chi connectivity index (χ0n) is 9.99. The Morgan fingerprint density at radius 2 is 1.94 bits per heavy atom. The van der Waals surface area contributed by atoms with Crippen molar-refractivity contribution >= 4 is 27.3 Å². The van der Waals surface area contributed by atoms with Crippen LogP contribution in [-0.4, -0.2) is 32.0 Å². The van der Waals surface area contributed by atoms with Gasteiger partial charge in [-0.05, 0) is 18.1 Å². The highest BCUT2D eigenvalue weighted by atomic mass is 79.9. The topological polar surface area (TPSA) is 6.48 Å². The zero-order valence-corrected chi connectivity index (χ0v) is 11.6. The number of anilines is 2. The lowest BCUT2D eigenvalue weighted by Crippen LogP contribution is -2.41. The van der Waals surface area contributed by atoms with Crippen LogP contribution in [0.25, 0.3) is 0 Å². The molecule has 0 aliphatic carbocycles. The number of nitrogens with zero attached hydrogens (tertiary/aromatic N) is 2. The van der Waals surface area contributed by atoms with Gasteiger partial charge in [-0.25, -0.2) is 0 Å². The van der Waals surface area contributed by atoms with E-state index in [1.807, 2.05) is 0 Å². The third-order valence-corrected chi connectivity index (χ3v) is 4.24. The molecule has 0 saturated heterocycles. The van der Waals surface area contributed by atoms with Crippen molar-refractivity contribution in [2.45, 2.75) is 6.92 Å². The first-order valence-electron chi connectivity index (χ1n) is 5.83. The third kappa shape index (κ3) is 2.34. The van der Waals surface area contributed by atoms with Gasteiger partial charge < -0.3 is 9.80 Å². The van der Waals surface area contributed by atoms with E-state index >= 15 is 0 Å². The van der Waals surface area contributed by atoms with Crippen molar-refractivity contribution in [1.82, 2.24) is 0 Å². The molecule has 0 saturated carbocycles. The highest BCUT2D eigenvalue weighted by Gasteiger charge is 2.20. The smallest absolute Gasteiger partial charge is 0.0604 e. The van der Waals surface area contributed by atoms with Gasteiger partial charge >= 0.3 is 0 Å². The molecule has 16 heavy (non-hydrogen) atoms. The van der Waals surface area contributed by atoms with Gasteiger partial charge in [0, 0.05) is 32.0 Å². The van der Waals surface area contributed by atoms with Crippen LogP contribution in [0.5, 0.6) is 0 Å². The van der Waals surface area contributed by atoms with Gasteiger partial charge in [-0.15, -0.1) is 0 Å². The molecule has 0 fully saturated rings. The molecule has 1 aromatic carbocycles. The largest absolute Gasteiger partial charge is 0.371 e. The quantitative estimate of drug-likeness (QED) is 0.787. The monoisotopic (exact) mass is 282 g/mol. The highest BCUT2D eigenvalue weighted by Crippen LogP contribution is 2.32. The molecule has 0 radical (unpaired) electrons. The lowest BCUT2D eigenvalue weighted by Gasteiger charge is -2.38. The fourth-order valence-electron chi connectivity index (χ4n) is 2.18. The van der Waals surface area contributed by atoms with Crippen LogP contribution in [0.3, 0.4) is 0 Å². The maximum absolute atomic E-state index is 3.56. The van der Waals surface area contributed by atoms with E-state index in [2.05, 4.69) is 64.0 Å². The second-order valence-electron chi connectivity index (χ2n) is 4.62. The predicted molar refractivity (Wildman–Crippen MR) is 74.9 cm³/mol. The summed E-state index contributed by atoms with van der Waals surface area (Å²) >= 11 is 3.56. The highest BCUT2D eigenvalue weighted by molar-refractivity contribution is 9.09. The molecule has 1 aliphatic rings. The first-order chi connectivity index (χ1) is 7.72. The summed E-state index contributed by atoms with van der Waals surface area (Å²) in [6.07, 6.45) is 0. The Morgan fingerprint density at radius 3 is 2.62 bits per heavy atom. The standard InChI is InChI=1S/C13H19BrN2/c1-11(9-14)10-16-8-7-15(2)12-5-3-4-6-13(12)16/h3-6,11H,7-10H2,1-2H3. The number of benzene rings is 1. The molecular weight excluding hydrogens is 264 g/mol. The van der Waals surface area contributed by atoms with Gasteiger partial charge in [0.15, 0.2) is 0 Å².